The Morgan fingerprint density at radius 3 is 1.96 bits per heavy atom. The highest BCUT2D eigenvalue weighted by molar-refractivity contribution is 6.00. The largest absolute Gasteiger partial charge is 0.385 e. The monoisotopic (exact) mass is 769 g/mol. The van der Waals surface area contributed by atoms with Crippen LogP contribution in [-0.2, 0) is 20.9 Å². The van der Waals surface area contributed by atoms with Gasteiger partial charge in [-0.15, -0.1) is 24.8 Å². The van der Waals surface area contributed by atoms with E-state index in [0.717, 1.165) is 50.9 Å². The summed E-state index contributed by atoms with van der Waals surface area (Å²) in [5.74, 6) is 0.669. The molecule has 1 saturated carbocycles. The third kappa shape index (κ3) is 15.8. The van der Waals surface area contributed by atoms with E-state index >= 15 is 0 Å². The second-order valence-corrected chi connectivity index (χ2v) is 15.2. The van der Waals surface area contributed by atoms with Gasteiger partial charge in [-0.3, -0.25) is 19.3 Å². The molecule has 2 aliphatic heterocycles. The molecule has 0 bridgehead atoms. The molecule has 10 heteroatoms. The van der Waals surface area contributed by atoms with Gasteiger partial charge in [0.1, 0.15) is 11.6 Å². The van der Waals surface area contributed by atoms with Crippen molar-refractivity contribution < 1.29 is 19.1 Å². The Morgan fingerprint density at radius 2 is 1.40 bits per heavy atom. The van der Waals surface area contributed by atoms with Gasteiger partial charge in [-0.25, -0.2) is 0 Å². The predicted octanol–water partition coefficient (Wildman–Crippen LogP) is 9.27. The molecule has 2 heterocycles. The number of piperidine rings is 1. The van der Waals surface area contributed by atoms with Gasteiger partial charge in [-0.1, -0.05) is 129 Å². The van der Waals surface area contributed by atoms with Gasteiger partial charge in [-0.2, -0.15) is 0 Å². The molecule has 1 spiro atoms. The zero-order chi connectivity index (χ0) is 36.0. The van der Waals surface area contributed by atoms with E-state index in [9.17, 15) is 14.4 Å². The Balaban J connectivity index is 0.000000903. The van der Waals surface area contributed by atoms with Crippen molar-refractivity contribution in [3.63, 3.8) is 0 Å². The van der Waals surface area contributed by atoms with Gasteiger partial charge in [-0.05, 0) is 55.7 Å². The van der Waals surface area contributed by atoms with Crippen LogP contribution in [0.1, 0.15) is 165 Å². The normalized spacial score (nSPS) is 18.8. The highest BCUT2D eigenvalue weighted by Gasteiger charge is 2.53. The molecule has 0 unspecified atom stereocenters. The first-order chi connectivity index (χ1) is 24.4. The topological polar surface area (TPSA) is 91.0 Å². The van der Waals surface area contributed by atoms with Crippen molar-refractivity contribution in [2.24, 2.45) is 5.92 Å². The summed E-state index contributed by atoms with van der Waals surface area (Å²) in [4.78, 5) is 44.1. The van der Waals surface area contributed by atoms with Crippen LogP contribution in [0.2, 0.25) is 0 Å². The molecule has 3 amide bonds. The number of unbranched alkanes of at least 4 members (excludes halogenated alkanes) is 9. The lowest BCUT2D eigenvalue weighted by molar-refractivity contribution is -0.162. The molecule has 1 aromatic carbocycles. The van der Waals surface area contributed by atoms with Crippen LogP contribution in [0.25, 0.3) is 0 Å². The molecule has 8 nitrogen and oxygen atoms in total. The van der Waals surface area contributed by atoms with Crippen molar-refractivity contribution in [2.45, 2.75) is 167 Å². The molecular weight excluding hydrogens is 695 g/mol. The summed E-state index contributed by atoms with van der Waals surface area (Å²) in [6.45, 7) is 10.9. The maximum Gasteiger partial charge on any atom is 0.251 e. The van der Waals surface area contributed by atoms with E-state index in [1.165, 1.54) is 89.9 Å². The first-order valence-corrected chi connectivity index (χ1v) is 20.6. The number of carbonyl (C=O) groups excluding carboxylic acids is 3. The molecule has 300 valence electrons. The van der Waals surface area contributed by atoms with Crippen LogP contribution < -0.4 is 10.6 Å². The molecule has 4 rings (SSSR count). The Hall–Kier alpha value is -1.87. The SMILES string of the molecule is CCCCCCCCCCC.CCCCN1C(=O)[C@H](CC2CCCCC2)NC(=O)C12CCN(Cc1ccc(C(=O)NCCCOC)cc1)CC2.Cl.Cl. The zero-order valence-corrected chi connectivity index (χ0v) is 34.8. The smallest absolute Gasteiger partial charge is 0.251 e. The van der Waals surface area contributed by atoms with Crippen LogP contribution in [0.15, 0.2) is 24.3 Å². The van der Waals surface area contributed by atoms with Crippen molar-refractivity contribution >= 4 is 42.5 Å². The van der Waals surface area contributed by atoms with Crippen LogP contribution in [0.3, 0.4) is 0 Å². The van der Waals surface area contributed by atoms with Crippen molar-refractivity contribution in [3.8, 4) is 0 Å². The number of ether oxygens (including phenoxy) is 1. The summed E-state index contributed by atoms with van der Waals surface area (Å²) in [7, 11) is 1.66. The van der Waals surface area contributed by atoms with Gasteiger partial charge in [0.2, 0.25) is 11.8 Å². The quantitative estimate of drug-likeness (QED) is 0.129. The minimum Gasteiger partial charge on any atom is -0.385 e. The standard InChI is InChI=1S/C31H48N4O4.C11H24.2ClH/c1-3-4-18-35-29(37)27(22-24-9-6-5-7-10-24)33-30(38)31(35)15-19-34(20-16-31)23-25-11-13-26(14-12-25)28(36)32-17-8-21-39-2;1-3-5-7-9-11-10-8-6-4-2;;/h11-14,24,27H,3-10,15-23H2,1-2H3,(H,32,36)(H,33,38);3-11H2,1-2H3;2*1H/t27-;;;/m0.../s1. The Bertz CT molecular complexity index is 1100. The number of amides is 3. The maximum atomic E-state index is 13.7. The molecule has 1 aromatic rings. The summed E-state index contributed by atoms with van der Waals surface area (Å²) in [6, 6.07) is 7.40. The number of nitrogens with one attached hydrogen (secondary N) is 2. The van der Waals surface area contributed by atoms with Gasteiger partial charge in [0.15, 0.2) is 0 Å². The fourth-order valence-corrected chi connectivity index (χ4v) is 7.93. The van der Waals surface area contributed by atoms with E-state index in [1.54, 1.807) is 7.11 Å². The molecule has 1 aliphatic carbocycles. The van der Waals surface area contributed by atoms with Crippen molar-refractivity contribution in [1.82, 2.24) is 20.4 Å². The van der Waals surface area contributed by atoms with Crippen LogP contribution in [0.5, 0.6) is 0 Å². The van der Waals surface area contributed by atoms with Gasteiger partial charge < -0.3 is 20.3 Å². The molecule has 1 atom stereocenters. The van der Waals surface area contributed by atoms with E-state index in [-0.39, 0.29) is 48.6 Å². The molecule has 3 fully saturated rings. The van der Waals surface area contributed by atoms with Crippen molar-refractivity contribution in [2.75, 3.05) is 39.9 Å². The lowest BCUT2D eigenvalue weighted by atomic mass is 9.79. The number of halogens is 2. The fraction of sp³-hybridized carbons (Fsp3) is 0.786. The first kappa shape index (κ1) is 48.1. The van der Waals surface area contributed by atoms with Crippen LogP contribution in [-0.4, -0.2) is 79.0 Å². The Morgan fingerprint density at radius 1 is 0.827 bits per heavy atom. The Labute approximate surface area is 329 Å². The van der Waals surface area contributed by atoms with E-state index in [4.69, 9.17) is 4.74 Å². The van der Waals surface area contributed by atoms with Crippen molar-refractivity contribution in [1.29, 1.82) is 0 Å². The second-order valence-electron chi connectivity index (χ2n) is 15.2. The lowest BCUT2D eigenvalue weighted by Gasteiger charge is -2.52. The molecule has 52 heavy (non-hydrogen) atoms. The third-order valence-electron chi connectivity index (χ3n) is 11.2. The molecule has 0 aromatic heterocycles. The minimum atomic E-state index is -0.726. The number of nitrogens with zero attached hydrogens (tertiary/aromatic N) is 2. The highest BCUT2D eigenvalue weighted by Crippen LogP contribution is 2.36. The minimum absolute atomic E-state index is 0. The number of rotatable bonds is 20. The number of hydrogen-bond acceptors (Lipinski definition) is 5. The van der Waals surface area contributed by atoms with Crippen LogP contribution in [0.4, 0.5) is 0 Å². The number of likely N-dealkylation sites (tertiary alicyclic amines) is 1. The Kier molecular flexibility index (Phi) is 25.6. The predicted molar refractivity (Wildman–Crippen MR) is 220 cm³/mol. The average molecular weight is 770 g/mol. The van der Waals surface area contributed by atoms with Gasteiger partial charge >= 0.3 is 0 Å². The van der Waals surface area contributed by atoms with E-state index in [0.29, 0.717) is 44.0 Å². The van der Waals surface area contributed by atoms with Gasteiger partial charge in [0.25, 0.3) is 5.91 Å². The number of methoxy groups -OCH3 is 1. The van der Waals surface area contributed by atoms with Crippen LogP contribution in [0, 0.1) is 5.92 Å². The maximum absolute atomic E-state index is 13.7. The number of carbonyl (C=O) groups is 3. The average Bonchev–Trinajstić information content (AvgIpc) is 3.14. The summed E-state index contributed by atoms with van der Waals surface area (Å²) in [5.41, 5.74) is 1.07. The second kappa shape index (κ2) is 27.7. The van der Waals surface area contributed by atoms with E-state index in [2.05, 4.69) is 36.3 Å². The van der Waals surface area contributed by atoms with Gasteiger partial charge in [0, 0.05) is 52.0 Å². The number of hydrogen-bond donors (Lipinski definition) is 2. The molecule has 3 aliphatic rings. The summed E-state index contributed by atoms with van der Waals surface area (Å²) in [6.07, 6.45) is 23.9. The molecule has 2 saturated heterocycles. The summed E-state index contributed by atoms with van der Waals surface area (Å²) < 4.78 is 5.02. The van der Waals surface area contributed by atoms with E-state index in [1.807, 2.05) is 29.2 Å². The third-order valence-corrected chi connectivity index (χ3v) is 11.2. The fourth-order valence-electron chi connectivity index (χ4n) is 7.93. The van der Waals surface area contributed by atoms with Gasteiger partial charge in [0.05, 0.1) is 0 Å². The highest BCUT2D eigenvalue weighted by atomic mass is 35.5. The number of benzene rings is 1. The van der Waals surface area contributed by atoms with Crippen molar-refractivity contribution in [3.05, 3.63) is 35.4 Å². The van der Waals surface area contributed by atoms with E-state index < -0.39 is 5.54 Å². The number of piperazine rings is 1. The molecular formula is C42H74Cl2N4O4. The summed E-state index contributed by atoms with van der Waals surface area (Å²) >= 11 is 0. The van der Waals surface area contributed by atoms with Crippen LogP contribution >= 0.6 is 24.8 Å². The zero-order valence-electron chi connectivity index (χ0n) is 33.2. The molecule has 2 N–H and O–H groups in total. The summed E-state index contributed by atoms with van der Waals surface area (Å²) in [5, 5.41) is 6.11. The lowest BCUT2D eigenvalue weighted by Crippen LogP contribution is -2.73. The first-order valence-electron chi connectivity index (χ1n) is 20.6. The molecule has 0 radical (unpaired) electrons.